The van der Waals surface area contributed by atoms with Crippen molar-refractivity contribution in [2.75, 3.05) is 32.6 Å². The number of hydrogen-bond acceptors (Lipinski definition) is 6. The minimum atomic E-state index is -3.37. The second kappa shape index (κ2) is 8.14. The molecule has 2 saturated heterocycles. The Hall–Kier alpha value is -1.68. The van der Waals surface area contributed by atoms with E-state index in [2.05, 4.69) is 4.72 Å². The summed E-state index contributed by atoms with van der Waals surface area (Å²) < 4.78 is 42.8. The zero-order valence-corrected chi connectivity index (χ0v) is 16.4. The molecule has 0 aromatic heterocycles. The molecule has 2 atom stereocenters. The monoisotopic (exact) mass is 398 g/mol. The molecule has 1 aromatic carbocycles. The Bertz CT molecular complexity index is 748. The van der Waals surface area contributed by atoms with Crippen LogP contribution in [0.4, 0.5) is 4.79 Å². The summed E-state index contributed by atoms with van der Waals surface area (Å²) in [5.41, 5.74) is 0.907. The summed E-state index contributed by atoms with van der Waals surface area (Å²) in [5.74, 6) is -1.21. The van der Waals surface area contributed by atoms with Crippen LogP contribution in [0.15, 0.2) is 30.3 Å². The highest BCUT2D eigenvalue weighted by atomic mass is 32.2. The Labute approximate surface area is 159 Å². The largest absolute Gasteiger partial charge is 0.445 e. The number of carbonyl (C=O) groups is 1. The van der Waals surface area contributed by atoms with Gasteiger partial charge in [0.15, 0.2) is 5.79 Å². The number of rotatable bonds is 5. The van der Waals surface area contributed by atoms with Crippen LogP contribution in [-0.4, -0.2) is 63.8 Å². The molecule has 9 heteroatoms. The van der Waals surface area contributed by atoms with Crippen LogP contribution < -0.4 is 4.72 Å². The van der Waals surface area contributed by atoms with Crippen LogP contribution in [-0.2, 0) is 30.8 Å². The van der Waals surface area contributed by atoms with Crippen molar-refractivity contribution in [1.82, 2.24) is 9.62 Å². The maximum absolute atomic E-state index is 12.6. The van der Waals surface area contributed by atoms with Crippen molar-refractivity contribution in [2.45, 2.75) is 31.8 Å². The number of carbonyl (C=O) groups excluding carboxylic acids is 1. The van der Waals surface area contributed by atoms with Crippen molar-refractivity contribution in [3.8, 4) is 0 Å². The van der Waals surface area contributed by atoms with Gasteiger partial charge in [0, 0.05) is 31.5 Å². The zero-order chi connectivity index (χ0) is 19.5. The molecule has 0 aliphatic carbocycles. The summed E-state index contributed by atoms with van der Waals surface area (Å²) in [5, 5.41) is 0. The summed E-state index contributed by atoms with van der Waals surface area (Å²) in [7, 11) is -3.37. The summed E-state index contributed by atoms with van der Waals surface area (Å²) in [6.45, 7) is 3.52. The standard InChI is InChI=1S/C18H26N2O6S/c1-14-16(12-19-27(2,22)23)18(25-10-11-26-18)8-9-20(14)17(21)24-13-15-6-4-3-5-7-15/h3-7,14,16,19H,8-13H2,1-2H3. The lowest BCUT2D eigenvalue weighted by Crippen LogP contribution is -2.61. The molecule has 0 radical (unpaired) electrons. The molecule has 1 aromatic rings. The number of piperidine rings is 1. The summed E-state index contributed by atoms with van der Waals surface area (Å²) in [6, 6.07) is 9.14. The first-order chi connectivity index (χ1) is 12.8. The highest BCUT2D eigenvalue weighted by Gasteiger charge is 2.52. The van der Waals surface area contributed by atoms with Gasteiger partial charge in [0.2, 0.25) is 10.0 Å². The van der Waals surface area contributed by atoms with E-state index in [4.69, 9.17) is 14.2 Å². The number of hydrogen-bond donors (Lipinski definition) is 1. The lowest BCUT2D eigenvalue weighted by Gasteiger charge is -2.47. The van der Waals surface area contributed by atoms with Crippen LogP contribution in [0.25, 0.3) is 0 Å². The Morgan fingerprint density at radius 1 is 1.30 bits per heavy atom. The number of benzene rings is 1. The van der Waals surface area contributed by atoms with Crippen LogP contribution in [0, 0.1) is 5.92 Å². The van der Waals surface area contributed by atoms with Gasteiger partial charge in [0.05, 0.1) is 19.5 Å². The third-order valence-corrected chi connectivity index (χ3v) is 5.81. The van der Waals surface area contributed by atoms with Crippen LogP contribution in [0.2, 0.25) is 0 Å². The fourth-order valence-corrected chi connectivity index (χ4v) is 4.19. The van der Waals surface area contributed by atoms with Crippen molar-refractivity contribution in [2.24, 2.45) is 5.92 Å². The molecule has 2 unspecified atom stereocenters. The molecular weight excluding hydrogens is 372 g/mol. The van der Waals surface area contributed by atoms with E-state index in [1.807, 2.05) is 37.3 Å². The third-order valence-electron chi connectivity index (χ3n) is 5.12. The highest BCUT2D eigenvalue weighted by molar-refractivity contribution is 7.88. The van der Waals surface area contributed by atoms with Gasteiger partial charge in [-0.05, 0) is 12.5 Å². The van der Waals surface area contributed by atoms with E-state index in [9.17, 15) is 13.2 Å². The number of nitrogens with one attached hydrogen (secondary N) is 1. The van der Waals surface area contributed by atoms with E-state index in [0.29, 0.717) is 26.2 Å². The number of nitrogens with zero attached hydrogens (tertiary/aromatic N) is 1. The Kier molecular flexibility index (Phi) is 6.05. The average Bonchev–Trinajstić information content (AvgIpc) is 3.08. The van der Waals surface area contributed by atoms with Crippen LogP contribution in [0.5, 0.6) is 0 Å². The molecule has 1 N–H and O–H groups in total. The molecule has 2 aliphatic heterocycles. The smallest absolute Gasteiger partial charge is 0.410 e. The van der Waals surface area contributed by atoms with Crippen molar-refractivity contribution >= 4 is 16.1 Å². The van der Waals surface area contributed by atoms with Gasteiger partial charge in [-0.1, -0.05) is 30.3 Å². The minimum absolute atomic E-state index is 0.127. The van der Waals surface area contributed by atoms with Crippen molar-refractivity contribution in [3.63, 3.8) is 0 Å². The van der Waals surface area contributed by atoms with Gasteiger partial charge >= 0.3 is 6.09 Å². The van der Waals surface area contributed by atoms with Crippen molar-refractivity contribution in [3.05, 3.63) is 35.9 Å². The normalized spacial score (nSPS) is 24.9. The lowest BCUT2D eigenvalue weighted by atomic mass is 9.84. The van der Waals surface area contributed by atoms with Crippen LogP contribution in [0.1, 0.15) is 18.9 Å². The third kappa shape index (κ3) is 4.78. The van der Waals surface area contributed by atoms with Gasteiger partial charge in [-0.2, -0.15) is 0 Å². The van der Waals surface area contributed by atoms with Gasteiger partial charge < -0.3 is 19.1 Å². The van der Waals surface area contributed by atoms with Gasteiger partial charge in [-0.25, -0.2) is 17.9 Å². The van der Waals surface area contributed by atoms with Crippen molar-refractivity contribution < 1.29 is 27.4 Å². The highest BCUT2D eigenvalue weighted by Crippen LogP contribution is 2.39. The molecule has 2 fully saturated rings. The Morgan fingerprint density at radius 3 is 2.59 bits per heavy atom. The first-order valence-corrected chi connectivity index (χ1v) is 10.9. The average molecular weight is 398 g/mol. The quantitative estimate of drug-likeness (QED) is 0.804. The van der Waals surface area contributed by atoms with Crippen LogP contribution >= 0.6 is 0 Å². The van der Waals surface area contributed by atoms with E-state index in [0.717, 1.165) is 11.8 Å². The summed E-state index contributed by atoms with van der Waals surface area (Å²) in [4.78, 5) is 14.2. The second-order valence-electron chi connectivity index (χ2n) is 6.96. The van der Waals surface area contributed by atoms with Gasteiger partial charge in [-0.15, -0.1) is 0 Å². The zero-order valence-electron chi connectivity index (χ0n) is 15.6. The predicted octanol–water partition coefficient (Wildman–Crippen LogP) is 1.33. The summed E-state index contributed by atoms with van der Waals surface area (Å²) >= 11 is 0. The molecule has 150 valence electrons. The minimum Gasteiger partial charge on any atom is -0.445 e. The summed E-state index contributed by atoms with van der Waals surface area (Å²) in [6.07, 6.45) is 1.15. The SMILES string of the molecule is CC1C(CNS(C)(=O)=O)C2(CCN1C(=O)OCc1ccccc1)OCCO2. The maximum atomic E-state index is 12.6. The molecule has 0 saturated carbocycles. The fourth-order valence-electron chi connectivity index (χ4n) is 3.71. The number of amides is 1. The van der Waals surface area contributed by atoms with E-state index < -0.39 is 21.9 Å². The molecule has 0 bridgehead atoms. The van der Waals surface area contributed by atoms with Gasteiger partial charge in [0.1, 0.15) is 6.61 Å². The molecule has 2 aliphatic rings. The first-order valence-electron chi connectivity index (χ1n) is 9.01. The molecule has 8 nitrogen and oxygen atoms in total. The Morgan fingerprint density at radius 2 is 1.96 bits per heavy atom. The van der Waals surface area contributed by atoms with E-state index in [1.54, 1.807) is 4.90 Å². The molecule has 2 heterocycles. The topological polar surface area (TPSA) is 94.2 Å². The van der Waals surface area contributed by atoms with Gasteiger partial charge in [0.25, 0.3) is 0 Å². The number of sulfonamides is 1. The number of likely N-dealkylation sites (tertiary alicyclic amines) is 1. The molecule has 1 amide bonds. The Balaban J connectivity index is 1.69. The fraction of sp³-hybridized carbons (Fsp3) is 0.611. The number of ether oxygens (including phenoxy) is 3. The molecular formula is C18H26N2O6S. The first kappa shape index (κ1) is 20.1. The van der Waals surface area contributed by atoms with E-state index in [1.165, 1.54) is 0 Å². The maximum Gasteiger partial charge on any atom is 0.410 e. The second-order valence-corrected chi connectivity index (χ2v) is 8.79. The van der Waals surface area contributed by atoms with Crippen LogP contribution in [0.3, 0.4) is 0 Å². The predicted molar refractivity (Wildman–Crippen MR) is 98.4 cm³/mol. The molecule has 27 heavy (non-hydrogen) atoms. The van der Waals surface area contributed by atoms with E-state index in [-0.39, 0.29) is 25.1 Å². The van der Waals surface area contributed by atoms with Crippen molar-refractivity contribution in [1.29, 1.82) is 0 Å². The lowest BCUT2D eigenvalue weighted by molar-refractivity contribution is -0.227. The van der Waals surface area contributed by atoms with Gasteiger partial charge in [-0.3, -0.25) is 0 Å². The molecule has 3 rings (SSSR count). The van der Waals surface area contributed by atoms with E-state index >= 15 is 0 Å². The molecule has 1 spiro atoms.